The zero-order valence-electron chi connectivity index (χ0n) is 20.3. The molecule has 1 fully saturated rings. The molecule has 5 aromatic rings. The normalized spacial score (nSPS) is 15.0. The van der Waals surface area contributed by atoms with E-state index in [1.807, 2.05) is 43.7 Å². The minimum atomic E-state index is -0.590. The topological polar surface area (TPSA) is 119 Å². The average molecular weight is 483 g/mol. The lowest BCUT2D eigenvalue weighted by molar-refractivity contribution is 0.192. The number of nitrogens with zero attached hydrogens (tertiary/aromatic N) is 5. The minimum absolute atomic E-state index is 0.590. The lowest BCUT2D eigenvalue weighted by Crippen LogP contribution is -2.29. The maximum Gasteiger partial charge on any atom is 0.159 e. The first kappa shape index (κ1) is 22.5. The van der Waals surface area contributed by atoms with Gasteiger partial charge in [0.15, 0.2) is 5.82 Å². The number of fused-ring (bicyclic) bond motifs is 2. The summed E-state index contributed by atoms with van der Waals surface area (Å²) in [5.41, 5.74) is 7.39. The van der Waals surface area contributed by atoms with Crippen molar-refractivity contribution in [2.24, 2.45) is 0 Å². The van der Waals surface area contributed by atoms with Gasteiger partial charge in [0.2, 0.25) is 0 Å². The minimum Gasteiger partial charge on any atom is -0.374 e. The number of aromatic amines is 2. The third-order valence-corrected chi connectivity index (χ3v) is 6.83. The summed E-state index contributed by atoms with van der Waals surface area (Å²) in [5, 5.41) is 22.0. The monoisotopic (exact) mass is 482 g/mol. The molecule has 0 aliphatic carbocycles. The van der Waals surface area contributed by atoms with Gasteiger partial charge in [-0.3, -0.25) is 15.1 Å². The van der Waals surface area contributed by atoms with Crippen LogP contribution in [-0.2, 0) is 0 Å². The third-order valence-electron chi connectivity index (χ3n) is 6.83. The van der Waals surface area contributed by atoms with Crippen molar-refractivity contribution >= 4 is 33.3 Å². The summed E-state index contributed by atoms with van der Waals surface area (Å²) in [6.07, 6.45) is 12.0. The van der Waals surface area contributed by atoms with Gasteiger partial charge in [0.05, 0.1) is 41.0 Å². The van der Waals surface area contributed by atoms with E-state index in [4.69, 9.17) is 4.98 Å². The maximum absolute atomic E-state index is 10.1. The van der Waals surface area contributed by atoms with Crippen molar-refractivity contribution in [3.63, 3.8) is 0 Å². The van der Waals surface area contributed by atoms with Crippen molar-refractivity contribution in [3.05, 3.63) is 49.1 Å². The van der Waals surface area contributed by atoms with Gasteiger partial charge in [0.1, 0.15) is 17.4 Å². The Hall–Kier alpha value is -3.98. The highest BCUT2D eigenvalue weighted by Gasteiger charge is 2.19. The number of hydrogen-bond acceptors (Lipinski definition) is 7. The molecule has 1 aromatic carbocycles. The fourth-order valence-electron chi connectivity index (χ4n) is 4.99. The number of hydrogen-bond donors (Lipinski definition) is 4. The quantitative estimate of drug-likeness (QED) is 0.239. The van der Waals surface area contributed by atoms with Gasteiger partial charge in [0, 0.05) is 30.2 Å². The van der Waals surface area contributed by atoms with Gasteiger partial charge < -0.3 is 20.3 Å². The van der Waals surface area contributed by atoms with Crippen molar-refractivity contribution in [2.45, 2.75) is 45.3 Å². The molecule has 0 bridgehead atoms. The zero-order valence-corrected chi connectivity index (χ0v) is 20.3. The number of anilines is 2. The van der Waals surface area contributed by atoms with Crippen LogP contribution in [0.3, 0.4) is 0 Å². The molecule has 5 heterocycles. The Morgan fingerprint density at radius 2 is 1.86 bits per heavy atom. The van der Waals surface area contributed by atoms with E-state index in [-0.39, 0.29) is 0 Å². The molecule has 0 amide bonds. The molecule has 184 valence electrons. The number of benzene rings is 1. The number of rotatable bonds is 7. The second-order valence-electron chi connectivity index (χ2n) is 9.43. The van der Waals surface area contributed by atoms with Gasteiger partial charge in [-0.25, -0.2) is 4.98 Å². The van der Waals surface area contributed by atoms with Crippen molar-refractivity contribution in [1.82, 2.24) is 30.1 Å². The van der Waals surface area contributed by atoms with E-state index in [1.54, 1.807) is 6.20 Å². The summed E-state index contributed by atoms with van der Waals surface area (Å²) in [7, 11) is 0. The highest BCUT2D eigenvalue weighted by Crippen LogP contribution is 2.33. The standard InChI is InChI=1S/C27H30N8O/c1-2-6-24(36)30-19-11-18(13-28-14-19)17-7-8-21-20(12-17)25(34-33-21)27-31-22-15-29-16-23(26(22)32-27)35-9-4-3-5-10-35/h7-8,11-16,24,30,36H,2-6,9-10H2,1H3,(H,31,32)(H,33,34). The third kappa shape index (κ3) is 4.26. The van der Waals surface area contributed by atoms with E-state index >= 15 is 0 Å². The SMILES string of the molecule is CCCC(O)Nc1cncc(-c2ccc3[nH]nc(-c4nc5c(N6CCCCC6)cncc5[nH]4)c3c2)c1. The first-order chi connectivity index (χ1) is 17.7. The molecule has 4 N–H and O–H groups in total. The Kier molecular flexibility index (Phi) is 5.98. The zero-order chi connectivity index (χ0) is 24.5. The Bertz CT molecular complexity index is 1500. The number of piperidine rings is 1. The van der Waals surface area contributed by atoms with Crippen LogP contribution in [0.1, 0.15) is 39.0 Å². The van der Waals surface area contributed by atoms with Gasteiger partial charge in [-0.2, -0.15) is 5.10 Å². The number of aliphatic hydroxyl groups excluding tert-OH is 1. The number of pyridine rings is 2. The van der Waals surface area contributed by atoms with E-state index in [2.05, 4.69) is 41.4 Å². The average Bonchev–Trinajstić information content (AvgIpc) is 3.53. The van der Waals surface area contributed by atoms with Crippen LogP contribution in [0, 0.1) is 0 Å². The van der Waals surface area contributed by atoms with Crippen LogP contribution in [0.4, 0.5) is 11.4 Å². The van der Waals surface area contributed by atoms with Crippen LogP contribution in [0.15, 0.2) is 49.1 Å². The van der Waals surface area contributed by atoms with Crippen molar-refractivity contribution in [1.29, 1.82) is 0 Å². The number of H-pyrrole nitrogens is 2. The van der Waals surface area contributed by atoms with Crippen LogP contribution < -0.4 is 10.2 Å². The van der Waals surface area contributed by atoms with Crippen LogP contribution in [0.5, 0.6) is 0 Å². The smallest absolute Gasteiger partial charge is 0.159 e. The second kappa shape index (κ2) is 9.58. The van der Waals surface area contributed by atoms with Crippen molar-refractivity contribution < 1.29 is 5.11 Å². The van der Waals surface area contributed by atoms with E-state index in [9.17, 15) is 5.11 Å². The lowest BCUT2D eigenvalue weighted by Gasteiger charge is -2.28. The van der Waals surface area contributed by atoms with E-state index < -0.39 is 6.23 Å². The molecule has 9 nitrogen and oxygen atoms in total. The summed E-state index contributed by atoms with van der Waals surface area (Å²) in [5.74, 6) is 0.718. The predicted molar refractivity (Wildman–Crippen MR) is 143 cm³/mol. The van der Waals surface area contributed by atoms with Gasteiger partial charge in [-0.1, -0.05) is 19.4 Å². The first-order valence-electron chi connectivity index (χ1n) is 12.7. The number of aliphatic hydroxyl groups is 1. The molecule has 36 heavy (non-hydrogen) atoms. The molecule has 0 radical (unpaired) electrons. The summed E-state index contributed by atoms with van der Waals surface area (Å²) >= 11 is 0. The Morgan fingerprint density at radius 1 is 1.00 bits per heavy atom. The fourth-order valence-corrected chi connectivity index (χ4v) is 4.99. The molecule has 1 aliphatic rings. The van der Waals surface area contributed by atoms with E-state index in [0.29, 0.717) is 6.42 Å². The molecule has 4 aromatic heterocycles. The molecule has 6 rings (SSSR count). The molecular formula is C27H30N8O. The predicted octanol–water partition coefficient (Wildman–Crippen LogP) is 5.08. The first-order valence-corrected chi connectivity index (χ1v) is 12.7. The Morgan fingerprint density at radius 3 is 2.72 bits per heavy atom. The molecule has 9 heteroatoms. The van der Waals surface area contributed by atoms with Crippen LogP contribution in [-0.4, -0.2) is 54.6 Å². The maximum atomic E-state index is 10.1. The van der Waals surface area contributed by atoms with Gasteiger partial charge in [-0.05, 0) is 49.4 Å². The summed E-state index contributed by atoms with van der Waals surface area (Å²) in [6, 6.07) is 8.18. The summed E-state index contributed by atoms with van der Waals surface area (Å²) < 4.78 is 0. The molecule has 1 aliphatic heterocycles. The van der Waals surface area contributed by atoms with Crippen LogP contribution in [0.25, 0.3) is 44.6 Å². The highest BCUT2D eigenvalue weighted by molar-refractivity contribution is 5.97. The van der Waals surface area contributed by atoms with E-state index in [1.165, 1.54) is 19.3 Å². The molecule has 1 saturated heterocycles. The molecule has 1 atom stereocenters. The molecular weight excluding hydrogens is 452 g/mol. The lowest BCUT2D eigenvalue weighted by atomic mass is 10.0. The highest BCUT2D eigenvalue weighted by atomic mass is 16.3. The van der Waals surface area contributed by atoms with Crippen molar-refractivity contribution in [3.8, 4) is 22.6 Å². The Labute approximate surface area is 209 Å². The number of aromatic nitrogens is 6. The molecule has 0 saturated carbocycles. The van der Waals surface area contributed by atoms with E-state index in [0.717, 1.165) is 75.5 Å². The van der Waals surface area contributed by atoms with Crippen LogP contribution in [0.2, 0.25) is 0 Å². The number of imidazole rings is 1. The number of nitrogens with one attached hydrogen (secondary N) is 3. The second-order valence-corrected chi connectivity index (χ2v) is 9.43. The molecule has 0 spiro atoms. The molecule has 1 unspecified atom stereocenters. The summed E-state index contributed by atoms with van der Waals surface area (Å²) in [4.78, 5) is 19.6. The Balaban J connectivity index is 1.36. The van der Waals surface area contributed by atoms with Crippen LogP contribution >= 0.6 is 0 Å². The largest absolute Gasteiger partial charge is 0.374 e. The fraction of sp³-hybridized carbons (Fsp3) is 0.333. The van der Waals surface area contributed by atoms with Crippen molar-refractivity contribution in [2.75, 3.05) is 23.3 Å². The van der Waals surface area contributed by atoms with Gasteiger partial charge in [-0.15, -0.1) is 0 Å². The van der Waals surface area contributed by atoms with Gasteiger partial charge >= 0.3 is 0 Å². The summed E-state index contributed by atoms with van der Waals surface area (Å²) in [6.45, 7) is 4.12. The van der Waals surface area contributed by atoms with Gasteiger partial charge in [0.25, 0.3) is 0 Å².